The van der Waals surface area contributed by atoms with E-state index in [1.165, 1.54) is 0 Å². The standard InChI is InChI=1S/C23H39N5O4/c1-22(2,25-5)11-6-14-32-20-9-7-19(8-10-20)21(29)26-13-16-31-18-17-30-15-12-23(3,4)27-28-24/h7-10,25H,6,11-18H2,1-5H3,(H,26,29). The monoisotopic (exact) mass is 449 g/mol. The lowest BCUT2D eigenvalue weighted by molar-refractivity contribution is 0.0432. The topological polar surface area (TPSA) is 118 Å². The average molecular weight is 450 g/mol. The Kier molecular flexibility index (Phi) is 12.7. The molecule has 1 amide bonds. The molecule has 32 heavy (non-hydrogen) atoms. The van der Waals surface area contributed by atoms with Crippen LogP contribution in [0.1, 0.15) is 57.3 Å². The molecule has 1 aromatic carbocycles. The largest absolute Gasteiger partial charge is 0.494 e. The minimum Gasteiger partial charge on any atom is -0.494 e. The minimum atomic E-state index is -0.451. The second kappa shape index (κ2) is 14.7. The van der Waals surface area contributed by atoms with Crippen LogP contribution in [0.2, 0.25) is 0 Å². The van der Waals surface area contributed by atoms with Crippen molar-refractivity contribution in [1.29, 1.82) is 0 Å². The number of benzene rings is 1. The summed E-state index contributed by atoms with van der Waals surface area (Å²) in [4.78, 5) is 15.0. The molecule has 0 unspecified atom stereocenters. The van der Waals surface area contributed by atoms with Crippen LogP contribution in [0.15, 0.2) is 29.4 Å². The van der Waals surface area contributed by atoms with Gasteiger partial charge >= 0.3 is 0 Å². The van der Waals surface area contributed by atoms with Crippen molar-refractivity contribution in [2.45, 2.75) is 58.0 Å². The van der Waals surface area contributed by atoms with Crippen LogP contribution in [0.5, 0.6) is 5.75 Å². The van der Waals surface area contributed by atoms with Crippen molar-refractivity contribution < 1.29 is 19.0 Å². The van der Waals surface area contributed by atoms with Gasteiger partial charge in [0.15, 0.2) is 0 Å². The van der Waals surface area contributed by atoms with Gasteiger partial charge < -0.3 is 24.8 Å². The van der Waals surface area contributed by atoms with Crippen molar-refractivity contribution in [2.75, 3.05) is 46.6 Å². The Bertz CT molecular complexity index is 716. The lowest BCUT2D eigenvalue weighted by atomic mass is 9.99. The molecule has 0 bridgehead atoms. The fourth-order valence-electron chi connectivity index (χ4n) is 2.69. The fraction of sp³-hybridized carbons (Fsp3) is 0.696. The smallest absolute Gasteiger partial charge is 0.251 e. The fourth-order valence-corrected chi connectivity index (χ4v) is 2.69. The lowest BCUT2D eigenvalue weighted by Crippen LogP contribution is -2.36. The summed E-state index contributed by atoms with van der Waals surface area (Å²) in [6, 6.07) is 7.15. The molecule has 0 saturated carbocycles. The Balaban J connectivity index is 2.12. The first-order valence-corrected chi connectivity index (χ1v) is 11.1. The van der Waals surface area contributed by atoms with Crippen LogP contribution in [-0.4, -0.2) is 63.6 Å². The summed E-state index contributed by atoms with van der Waals surface area (Å²) >= 11 is 0. The zero-order chi connectivity index (χ0) is 23.9. The number of nitrogens with one attached hydrogen (secondary N) is 2. The Morgan fingerprint density at radius 3 is 2.28 bits per heavy atom. The first kappa shape index (κ1) is 27.7. The molecule has 0 saturated heterocycles. The third-order valence-electron chi connectivity index (χ3n) is 5.09. The molecule has 0 fully saturated rings. The molecular formula is C23H39N5O4. The van der Waals surface area contributed by atoms with E-state index in [-0.39, 0.29) is 11.4 Å². The number of carbonyl (C=O) groups is 1. The summed E-state index contributed by atoms with van der Waals surface area (Å²) in [5.74, 6) is 0.613. The molecule has 0 heterocycles. The number of amides is 1. The summed E-state index contributed by atoms with van der Waals surface area (Å²) in [6.45, 7) is 10.9. The van der Waals surface area contributed by atoms with Gasteiger partial charge in [0.05, 0.1) is 26.4 Å². The third-order valence-corrected chi connectivity index (χ3v) is 5.09. The van der Waals surface area contributed by atoms with Crippen LogP contribution in [0.3, 0.4) is 0 Å². The summed E-state index contributed by atoms with van der Waals surface area (Å²) in [5.41, 5.74) is 8.72. The second-order valence-electron chi connectivity index (χ2n) is 8.84. The van der Waals surface area contributed by atoms with E-state index in [0.29, 0.717) is 51.6 Å². The molecule has 0 radical (unpaired) electrons. The summed E-state index contributed by atoms with van der Waals surface area (Å²) in [6.07, 6.45) is 2.62. The maximum atomic E-state index is 12.2. The van der Waals surface area contributed by atoms with E-state index in [0.717, 1.165) is 18.6 Å². The highest BCUT2D eigenvalue weighted by molar-refractivity contribution is 5.94. The Morgan fingerprint density at radius 2 is 1.66 bits per heavy atom. The Labute approximate surface area is 191 Å². The molecule has 1 rings (SSSR count). The average Bonchev–Trinajstić information content (AvgIpc) is 2.75. The van der Waals surface area contributed by atoms with Crippen LogP contribution in [-0.2, 0) is 9.47 Å². The molecule has 0 aliphatic heterocycles. The van der Waals surface area contributed by atoms with Crippen molar-refractivity contribution in [1.82, 2.24) is 10.6 Å². The van der Waals surface area contributed by atoms with Gasteiger partial charge in [-0.15, -0.1) is 0 Å². The second-order valence-corrected chi connectivity index (χ2v) is 8.84. The van der Waals surface area contributed by atoms with Crippen LogP contribution < -0.4 is 15.4 Å². The molecule has 0 aliphatic rings. The zero-order valence-corrected chi connectivity index (χ0v) is 20.1. The van der Waals surface area contributed by atoms with Crippen molar-refractivity contribution in [3.63, 3.8) is 0 Å². The normalized spacial score (nSPS) is 11.7. The van der Waals surface area contributed by atoms with Gasteiger partial charge in [-0.2, -0.15) is 0 Å². The van der Waals surface area contributed by atoms with Gasteiger partial charge in [-0.1, -0.05) is 19.0 Å². The SMILES string of the molecule is CNC(C)(C)CCCOc1ccc(C(=O)NCCOCCOCCC(C)(C)N=[N+]=[N-])cc1. The van der Waals surface area contributed by atoms with Gasteiger partial charge in [0.1, 0.15) is 5.75 Å². The number of rotatable bonds is 17. The summed E-state index contributed by atoms with van der Waals surface area (Å²) < 4.78 is 16.7. The molecule has 0 aliphatic carbocycles. The summed E-state index contributed by atoms with van der Waals surface area (Å²) in [7, 11) is 1.96. The number of nitrogens with zero attached hydrogens (tertiary/aromatic N) is 3. The van der Waals surface area contributed by atoms with Crippen molar-refractivity contribution in [3.8, 4) is 5.75 Å². The highest BCUT2D eigenvalue weighted by atomic mass is 16.5. The predicted octanol–water partition coefficient (Wildman–Crippen LogP) is 4.09. The molecule has 9 heteroatoms. The number of hydrogen-bond acceptors (Lipinski definition) is 6. The highest BCUT2D eigenvalue weighted by Crippen LogP contribution is 2.15. The van der Waals surface area contributed by atoms with E-state index in [2.05, 4.69) is 34.5 Å². The summed E-state index contributed by atoms with van der Waals surface area (Å²) in [5, 5.41) is 9.82. The molecular weight excluding hydrogens is 410 g/mol. The van der Waals surface area contributed by atoms with Gasteiger partial charge in [0, 0.05) is 34.7 Å². The van der Waals surface area contributed by atoms with E-state index in [1.807, 2.05) is 33.0 Å². The maximum absolute atomic E-state index is 12.2. The van der Waals surface area contributed by atoms with E-state index in [4.69, 9.17) is 19.7 Å². The van der Waals surface area contributed by atoms with E-state index >= 15 is 0 Å². The van der Waals surface area contributed by atoms with Gasteiger partial charge in [-0.3, -0.25) is 4.79 Å². The quantitative estimate of drug-likeness (QED) is 0.161. The number of azide groups is 1. The van der Waals surface area contributed by atoms with Crippen LogP contribution >= 0.6 is 0 Å². The van der Waals surface area contributed by atoms with Gasteiger partial charge in [-0.25, -0.2) is 0 Å². The predicted molar refractivity (Wildman–Crippen MR) is 126 cm³/mol. The zero-order valence-electron chi connectivity index (χ0n) is 20.1. The minimum absolute atomic E-state index is 0.104. The Hall–Kier alpha value is -2.32. The molecule has 2 N–H and O–H groups in total. The van der Waals surface area contributed by atoms with Crippen LogP contribution in [0, 0.1) is 0 Å². The molecule has 180 valence electrons. The van der Waals surface area contributed by atoms with Crippen molar-refractivity contribution in [3.05, 3.63) is 40.3 Å². The number of ether oxygens (including phenoxy) is 3. The third kappa shape index (κ3) is 12.5. The molecule has 0 atom stereocenters. The first-order valence-electron chi connectivity index (χ1n) is 11.1. The van der Waals surface area contributed by atoms with Gasteiger partial charge in [-0.05, 0) is 70.0 Å². The van der Waals surface area contributed by atoms with E-state index < -0.39 is 5.54 Å². The van der Waals surface area contributed by atoms with Crippen molar-refractivity contribution >= 4 is 5.91 Å². The molecule has 0 aromatic heterocycles. The Morgan fingerprint density at radius 1 is 1.00 bits per heavy atom. The van der Waals surface area contributed by atoms with Gasteiger partial charge in [0.2, 0.25) is 0 Å². The number of hydrogen-bond donors (Lipinski definition) is 2. The molecule has 1 aromatic rings. The number of carbonyl (C=O) groups excluding carboxylic acids is 1. The van der Waals surface area contributed by atoms with Crippen molar-refractivity contribution in [2.24, 2.45) is 5.11 Å². The highest BCUT2D eigenvalue weighted by Gasteiger charge is 2.15. The van der Waals surface area contributed by atoms with Gasteiger partial charge in [0.25, 0.3) is 5.91 Å². The van der Waals surface area contributed by atoms with E-state index in [1.54, 1.807) is 12.1 Å². The lowest BCUT2D eigenvalue weighted by Gasteiger charge is -2.23. The van der Waals surface area contributed by atoms with E-state index in [9.17, 15) is 4.79 Å². The molecule has 0 spiro atoms. The first-order chi connectivity index (χ1) is 15.2. The molecule has 9 nitrogen and oxygen atoms in total. The van der Waals surface area contributed by atoms with Crippen LogP contribution in [0.4, 0.5) is 0 Å². The maximum Gasteiger partial charge on any atom is 0.251 e. The van der Waals surface area contributed by atoms with Crippen LogP contribution in [0.25, 0.3) is 10.4 Å².